The van der Waals surface area contributed by atoms with Crippen molar-refractivity contribution in [2.75, 3.05) is 24.6 Å². The molecule has 20 heavy (non-hydrogen) atoms. The van der Waals surface area contributed by atoms with Gasteiger partial charge in [0.25, 0.3) is 0 Å². The fourth-order valence-electron chi connectivity index (χ4n) is 2.77. The molecule has 0 aromatic rings. The highest BCUT2D eigenvalue weighted by atomic mass is 32.2. The summed E-state index contributed by atoms with van der Waals surface area (Å²) in [5.41, 5.74) is -0.408. The van der Waals surface area contributed by atoms with Gasteiger partial charge in [0.15, 0.2) is 0 Å². The van der Waals surface area contributed by atoms with Crippen molar-refractivity contribution in [2.24, 2.45) is 0 Å². The van der Waals surface area contributed by atoms with E-state index in [1.807, 2.05) is 37.4 Å². The van der Waals surface area contributed by atoms with Gasteiger partial charge in [-0.1, -0.05) is 6.42 Å². The van der Waals surface area contributed by atoms with Crippen LogP contribution < -0.4 is 5.32 Å². The molecule has 4 nitrogen and oxygen atoms in total. The number of hydrogen-bond donors (Lipinski definition) is 1. The summed E-state index contributed by atoms with van der Waals surface area (Å²) in [7, 11) is 0. The number of carbonyl (C=O) groups is 1. The van der Waals surface area contributed by atoms with E-state index in [1.165, 1.54) is 30.8 Å². The summed E-state index contributed by atoms with van der Waals surface area (Å²) in [4.78, 5) is 14.1. The average Bonchev–Trinajstić information content (AvgIpc) is 2.71. The fraction of sp³-hybridized carbons (Fsp3) is 0.933. The first kappa shape index (κ1) is 16.0. The Morgan fingerprint density at radius 2 is 2.05 bits per heavy atom. The maximum atomic E-state index is 12.2. The summed E-state index contributed by atoms with van der Waals surface area (Å²) in [6.45, 7) is 7.39. The molecular weight excluding hydrogens is 272 g/mol. The van der Waals surface area contributed by atoms with Crippen LogP contribution in [0.4, 0.5) is 4.79 Å². The number of nitrogens with zero attached hydrogens (tertiary/aromatic N) is 1. The molecule has 2 fully saturated rings. The minimum Gasteiger partial charge on any atom is -0.444 e. The van der Waals surface area contributed by atoms with E-state index in [2.05, 4.69) is 5.32 Å². The third-order valence-corrected chi connectivity index (χ3v) is 4.89. The molecule has 2 aliphatic rings. The predicted molar refractivity (Wildman–Crippen MR) is 84.3 cm³/mol. The summed E-state index contributed by atoms with van der Waals surface area (Å²) >= 11 is 2.02. The first-order chi connectivity index (χ1) is 9.44. The molecule has 0 aliphatic carbocycles. The van der Waals surface area contributed by atoms with Gasteiger partial charge in [-0.15, -0.1) is 0 Å². The molecule has 2 saturated heterocycles. The molecule has 0 bridgehead atoms. The zero-order valence-corrected chi connectivity index (χ0v) is 13.8. The first-order valence-electron chi connectivity index (χ1n) is 7.76. The number of ether oxygens (including phenoxy) is 1. The van der Waals surface area contributed by atoms with Crippen LogP contribution in [0.5, 0.6) is 0 Å². The zero-order chi connectivity index (χ0) is 14.6. The molecule has 2 heterocycles. The second-order valence-electron chi connectivity index (χ2n) is 6.85. The van der Waals surface area contributed by atoms with E-state index in [9.17, 15) is 4.79 Å². The van der Waals surface area contributed by atoms with Gasteiger partial charge < -0.3 is 15.0 Å². The lowest BCUT2D eigenvalue weighted by Gasteiger charge is -2.29. The van der Waals surface area contributed by atoms with Crippen molar-refractivity contribution < 1.29 is 9.53 Å². The van der Waals surface area contributed by atoms with Crippen LogP contribution in [0, 0.1) is 0 Å². The summed E-state index contributed by atoms with van der Waals surface area (Å²) < 4.78 is 5.51. The van der Waals surface area contributed by atoms with Crippen LogP contribution in [-0.2, 0) is 4.74 Å². The van der Waals surface area contributed by atoms with E-state index in [1.54, 1.807) is 0 Å². The lowest BCUT2D eigenvalue weighted by Crippen LogP contribution is -2.47. The third-order valence-electron chi connectivity index (χ3n) is 3.72. The number of rotatable bonds is 2. The third kappa shape index (κ3) is 5.17. The zero-order valence-electron chi connectivity index (χ0n) is 13.0. The maximum Gasteiger partial charge on any atom is 0.410 e. The van der Waals surface area contributed by atoms with Crippen molar-refractivity contribution in [2.45, 2.75) is 64.1 Å². The van der Waals surface area contributed by atoms with E-state index in [-0.39, 0.29) is 6.09 Å². The Bertz CT molecular complexity index is 324. The van der Waals surface area contributed by atoms with Crippen molar-refractivity contribution in [1.82, 2.24) is 10.2 Å². The Morgan fingerprint density at radius 1 is 1.25 bits per heavy atom. The van der Waals surface area contributed by atoms with Gasteiger partial charge in [-0.25, -0.2) is 4.79 Å². The van der Waals surface area contributed by atoms with Gasteiger partial charge in [-0.05, 0) is 45.8 Å². The summed E-state index contributed by atoms with van der Waals surface area (Å²) in [6.07, 6.45) is 4.54. The molecule has 2 aliphatic heterocycles. The van der Waals surface area contributed by atoms with Crippen LogP contribution >= 0.6 is 11.8 Å². The largest absolute Gasteiger partial charge is 0.444 e. The van der Waals surface area contributed by atoms with Gasteiger partial charge in [-0.2, -0.15) is 11.8 Å². The average molecular weight is 300 g/mol. The number of carbonyl (C=O) groups excluding carboxylic acids is 1. The number of nitrogens with one attached hydrogen (secondary N) is 1. The van der Waals surface area contributed by atoms with Crippen LogP contribution in [0.15, 0.2) is 0 Å². The number of thioether (sulfide) groups is 1. The normalized spacial score (nSPS) is 28.2. The van der Waals surface area contributed by atoms with Gasteiger partial charge in [-0.3, -0.25) is 0 Å². The molecule has 0 aromatic heterocycles. The number of likely N-dealkylation sites (tertiary alicyclic amines) is 1. The lowest BCUT2D eigenvalue weighted by atomic mass is 10.1. The Morgan fingerprint density at radius 3 is 2.70 bits per heavy atom. The Hall–Kier alpha value is -0.420. The molecule has 1 N–H and O–H groups in total. The van der Waals surface area contributed by atoms with Crippen LogP contribution in [-0.4, -0.2) is 53.3 Å². The number of hydrogen-bond acceptors (Lipinski definition) is 4. The highest BCUT2D eigenvalue weighted by Gasteiger charge is 2.28. The molecule has 0 aromatic carbocycles. The van der Waals surface area contributed by atoms with Crippen molar-refractivity contribution in [3.05, 3.63) is 0 Å². The van der Waals surface area contributed by atoms with Crippen LogP contribution in [0.25, 0.3) is 0 Å². The Balaban J connectivity index is 1.87. The van der Waals surface area contributed by atoms with Crippen molar-refractivity contribution in [3.8, 4) is 0 Å². The Labute approximate surface area is 127 Å². The lowest BCUT2D eigenvalue weighted by molar-refractivity contribution is 0.0242. The minimum absolute atomic E-state index is 0.160. The fourth-order valence-corrected chi connectivity index (χ4v) is 3.93. The van der Waals surface area contributed by atoms with Gasteiger partial charge in [0.2, 0.25) is 0 Å². The SMILES string of the molecule is CC(C)(C)OC(=O)N1CCCCC(NC2CCSC2)C1. The van der Waals surface area contributed by atoms with Crippen LogP contribution in [0.3, 0.4) is 0 Å². The maximum absolute atomic E-state index is 12.2. The molecule has 0 radical (unpaired) electrons. The van der Waals surface area contributed by atoms with Gasteiger partial charge in [0.1, 0.15) is 5.60 Å². The smallest absolute Gasteiger partial charge is 0.410 e. The van der Waals surface area contributed by atoms with Crippen LogP contribution in [0.1, 0.15) is 46.5 Å². The first-order valence-corrected chi connectivity index (χ1v) is 8.91. The van der Waals surface area contributed by atoms with Gasteiger partial charge in [0.05, 0.1) is 0 Å². The minimum atomic E-state index is -0.408. The second kappa shape index (κ2) is 7.03. The molecule has 2 unspecified atom stereocenters. The standard InChI is InChI=1S/C15H28N2O2S/c1-15(2,3)19-14(18)17-8-5-4-6-12(10-17)16-13-7-9-20-11-13/h12-13,16H,4-11H2,1-3H3. The quantitative estimate of drug-likeness (QED) is 0.851. The monoisotopic (exact) mass is 300 g/mol. The highest BCUT2D eigenvalue weighted by Crippen LogP contribution is 2.20. The Kier molecular flexibility index (Phi) is 5.61. The van der Waals surface area contributed by atoms with Crippen molar-refractivity contribution in [1.29, 1.82) is 0 Å². The summed E-state index contributed by atoms with van der Waals surface area (Å²) in [6, 6.07) is 1.05. The summed E-state index contributed by atoms with van der Waals surface area (Å²) in [5, 5.41) is 3.74. The molecule has 0 spiro atoms. The molecule has 1 amide bonds. The van der Waals surface area contributed by atoms with Gasteiger partial charge >= 0.3 is 6.09 Å². The number of amides is 1. The van der Waals surface area contributed by atoms with Crippen molar-refractivity contribution >= 4 is 17.9 Å². The molecule has 116 valence electrons. The molecule has 5 heteroatoms. The second-order valence-corrected chi connectivity index (χ2v) is 8.00. The molecule has 0 saturated carbocycles. The molecule has 2 atom stereocenters. The van der Waals surface area contributed by atoms with Crippen LogP contribution in [0.2, 0.25) is 0 Å². The van der Waals surface area contributed by atoms with E-state index in [0.29, 0.717) is 12.1 Å². The molecule has 2 rings (SSSR count). The van der Waals surface area contributed by atoms with E-state index >= 15 is 0 Å². The topological polar surface area (TPSA) is 41.6 Å². The summed E-state index contributed by atoms with van der Waals surface area (Å²) in [5.74, 6) is 2.48. The highest BCUT2D eigenvalue weighted by molar-refractivity contribution is 7.99. The van der Waals surface area contributed by atoms with Gasteiger partial charge in [0, 0.05) is 30.9 Å². The predicted octanol–water partition coefficient (Wildman–Crippen LogP) is 2.87. The molecular formula is C15H28N2O2S. The van der Waals surface area contributed by atoms with Crippen molar-refractivity contribution in [3.63, 3.8) is 0 Å². The van der Waals surface area contributed by atoms with E-state index in [4.69, 9.17) is 4.74 Å². The van der Waals surface area contributed by atoms with E-state index < -0.39 is 5.60 Å². The van der Waals surface area contributed by atoms with E-state index in [0.717, 1.165) is 19.5 Å².